The molecule has 0 amide bonds. The Morgan fingerprint density at radius 3 is 3.10 bits per heavy atom. The van der Waals surface area contributed by atoms with Gasteiger partial charge in [-0.2, -0.15) is 0 Å². The van der Waals surface area contributed by atoms with Gasteiger partial charge >= 0.3 is 0 Å². The van der Waals surface area contributed by atoms with Crippen molar-refractivity contribution in [2.45, 2.75) is 45.4 Å². The Morgan fingerprint density at radius 2 is 2.24 bits per heavy atom. The smallest absolute Gasteiger partial charge is 0.171 e. The molecule has 0 fully saturated rings. The Kier molecular flexibility index (Phi) is 4.20. The van der Waals surface area contributed by atoms with Crippen LogP contribution in [-0.2, 0) is 19.6 Å². The molecule has 1 atom stereocenters. The van der Waals surface area contributed by atoms with Crippen molar-refractivity contribution >= 4 is 0 Å². The van der Waals surface area contributed by atoms with E-state index in [0.717, 1.165) is 30.4 Å². The number of ether oxygens (including phenoxy) is 1. The molecule has 5 heteroatoms. The predicted molar refractivity (Wildman–Crippen MR) is 81.2 cm³/mol. The predicted octanol–water partition coefficient (Wildman–Crippen LogP) is 2.47. The summed E-state index contributed by atoms with van der Waals surface area (Å²) >= 11 is 0. The van der Waals surface area contributed by atoms with Gasteiger partial charge in [-0.3, -0.25) is 0 Å². The molecule has 0 radical (unpaired) electrons. The SMILES string of the molecule is CNC(C)c1cccc(OCc2nnc3n2CCCC3)c1. The highest BCUT2D eigenvalue weighted by molar-refractivity contribution is 5.30. The molecular weight excluding hydrogens is 264 g/mol. The zero-order chi connectivity index (χ0) is 14.7. The lowest BCUT2D eigenvalue weighted by atomic mass is 10.1. The molecule has 3 rings (SSSR count). The third kappa shape index (κ3) is 3.08. The molecule has 1 aromatic heterocycles. The minimum absolute atomic E-state index is 0.314. The summed E-state index contributed by atoms with van der Waals surface area (Å²) in [6.45, 7) is 3.62. The van der Waals surface area contributed by atoms with Crippen LogP contribution in [0.3, 0.4) is 0 Å². The lowest BCUT2D eigenvalue weighted by Crippen LogP contribution is -2.15. The van der Waals surface area contributed by atoms with Crippen LogP contribution >= 0.6 is 0 Å². The summed E-state index contributed by atoms with van der Waals surface area (Å²) in [7, 11) is 1.96. The third-order valence-corrected chi connectivity index (χ3v) is 4.10. The van der Waals surface area contributed by atoms with Crippen LogP contribution in [0.2, 0.25) is 0 Å². The van der Waals surface area contributed by atoms with Crippen LogP contribution in [0, 0.1) is 0 Å². The van der Waals surface area contributed by atoms with E-state index in [-0.39, 0.29) is 0 Å². The fraction of sp³-hybridized carbons (Fsp3) is 0.500. The number of aryl methyl sites for hydroxylation is 1. The Labute approximate surface area is 125 Å². The van der Waals surface area contributed by atoms with Crippen LogP contribution in [0.4, 0.5) is 0 Å². The first-order valence-corrected chi connectivity index (χ1v) is 7.59. The molecule has 0 bridgehead atoms. The first-order valence-electron chi connectivity index (χ1n) is 7.59. The van der Waals surface area contributed by atoms with Gasteiger partial charge in [0.2, 0.25) is 0 Å². The van der Waals surface area contributed by atoms with Crippen molar-refractivity contribution in [1.82, 2.24) is 20.1 Å². The Morgan fingerprint density at radius 1 is 1.33 bits per heavy atom. The van der Waals surface area contributed by atoms with Gasteiger partial charge in [0.05, 0.1) is 0 Å². The average molecular weight is 286 g/mol. The molecule has 2 heterocycles. The van der Waals surface area contributed by atoms with Crippen LogP contribution in [-0.4, -0.2) is 21.8 Å². The highest BCUT2D eigenvalue weighted by atomic mass is 16.5. The average Bonchev–Trinajstić information content (AvgIpc) is 2.95. The second-order valence-corrected chi connectivity index (χ2v) is 5.51. The summed E-state index contributed by atoms with van der Waals surface area (Å²) in [6, 6.07) is 8.51. The summed E-state index contributed by atoms with van der Waals surface area (Å²) in [4.78, 5) is 0. The standard InChI is InChI=1S/C16H22N4O/c1-12(17-2)13-6-5-7-14(10-13)21-11-16-19-18-15-8-3-4-9-20(15)16/h5-7,10,12,17H,3-4,8-9,11H2,1-2H3. The second kappa shape index (κ2) is 6.26. The quantitative estimate of drug-likeness (QED) is 0.917. The minimum Gasteiger partial charge on any atom is -0.486 e. The zero-order valence-electron chi connectivity index (χ0n) is 12.7. The third-order valence-electron chi connectivity index (χ3n) is 4.10. The van der Waals surface area contributed by atoms with E-state index in [1.54, 1.807) is 0 Å². The molecule has 0 aliphatic carbocycles. The topological polar surface area (TPSA) is 52.0 Å². The lowest BCUT2D eigenvalue weighted by molar-refractivity contribution is 0.285. The van der Waals surface area contributed by atoms with Gasteiger partial charge in [-0.25, -0.2) is 0 Å². The number of rotatable bonds is 5. The Hall–Kier alpha value is -1.88. The number of nitrogens with zero attached hydrogens (tertiary/aromatic N) is 3. The van der Waals surface area contributed by atoms with Crippen molar-refractivity contribution < 1.29 is 4.74 Å². The summed E-state index contributed by atoms with van der Waals surface area (Å²) in [5.74, 6) is 2.90. The molecule has 0 saturated heterocycles. The van der Waals surface area contributed by atoms with Gasteiger partial charge in [0, 0.05) is 19.0 Å². The number of benzene rings is 1. The van der Waals surface area contributed by atoms with Crippen LogP contribution in [0.25, 0.3) is 0 Å². The molecule has 112 valence electrons. The minimum atomic E-state index is 0.314. The monoisotopic (exact) mass is 286 g/mol. The molecule has 21 heavy (non-hydrogen) atoms. The first-order chi connectivity index (χ1) is 10.3. The maximum Gasteiger partial charge on any atom is 0.171 e. The van der Waals surface area contributed by atoms with Crippen LogP contribution in [0.5, 0.6) is 5.75 Å². The number of hydrogen-bond donors (Lipinski definition) is 1. The van der Waals surface area contributed by atoms with E-state index in [4.69, 9.17) is 4.74 Å². The van der Waals surface area contributed by atoms with Crippen LogP contribution in [0.15, 0.2) is 24.3 Å². The molecule has 1 N–H and O–H groups in total. The van der Waals surface area contributed by atoms with Crippen molar-refractivity contribution in [2.75, 3.05) is 7.05 Å². The van der Waals surface area contributed by atoms with Crippen LogP contribution in [0.1, 0.15) is 43.0 Å². The van der Waals surface area contributed by atoms with E-state index in [2.05, 4.69) is 39.1 Å². The summed E-state index contributed by atoms with van der Waals surface area (Å²) in [5.41, 5.74) is 1.22. The van der Waals surface area contributed by atoms with Crippen molar-refractivity contribution in [3.05, 3.63) is 41.5 Å². The number of aromatic nitrogens is 3. The number of nitrogens with one attached hydrogen (secondary N) is 1. The molecule has 0 spiro atoms. The van der Waals surface area contributed by atoms with E-state index in [9.17, 15) is 0 Å². The fourth-order valence-corrected chi connectivity index (χ4v) is 2.66. The van der Waals surface area contributed by atoms with Crippen molar-refractivity contribution in [1.29, 1.82) is 0 Å². The molecule has 1 unspecified atom stereocenters. The molecule has 1 aromatic carbocycles. The number of hydrogen-bond acceptors (Lipinski definition) is 4. The van der Waals surface area contributed by atoms with Gasteiger partial charge in [-0.15, -0.1) is 10.2 Å². The van der Waals surface area contributed by atoms with Gasteiger partial charge in [0.1, 0.15) is 18.2 Å². The molecule has 1 aliphatic heterocycles. The van der Waals surface area contributed by atoms with E-state index in [1.807, 2.05) is 19.2 Å². The lowest BCUT2D eigenvalue weighted by Gasteiger charge is -2.15. The van der Waals surface area contributed by atoms with Gasteiger partial charge in [-0.1, -0.05) is 12.1 Å². The maximum atomic E-state index is 5.90. The van der Waals surface area contributed by atoms with E-state index < -0.39 is 0 Å². The first kappa shape index (κ1) is 14.1. The van der Waals surface area contributed by atoms with Gasteiger partial charge in [-0.05, 0) is 44.5 Å². The highest BCUT2D eigenvalue weighted by Crippen LogP contribution is 2.20. The summed E-state index contributed by atoms with van der Waals surface area (Å²) < 4.78 is 8.10. The number of fused-ring (bicyclic) bond motifs is 1. The largest absolute Gasteiger partial charge is 0.486 e. The van der Waals surface area contributed by atoms with E-state index in [1.165, 1.54) is 18.4 Å². The van der Waals surface area contributed by atoms with Crippen molar-refractivity contribution in [2.24, 2.45) is 0 Å². The summed E-state index contributed by atoms with van der Waals surface area (Å²) in [6.07, 6.45) is 3.44. The Bertz CT molecular complexity index is 608. The van der Waals surface area contributed by atoms with Gasteiger partial charge in [0.25, 0.3) is 0 Å². The molecule has 0 saturated carbocycles. The fourth-order valence-electron chi connectivity index (χ4n) is 2.66. The van der Waals surface area contributed by atoms with Crippen molar-refractivity contribution in [3.8, 4) is 5.75 Å². The second-order valence-electron chi connectivity index (χ2n) is 5.51. The molecule has 5 nitrogen and oxygen atoms in total. The normalized spacial score (nSPS) is 15.5. The van der Waals surface area contributed by atoms with Gasteiger partial charge < -0.3 is 14.6 Å². The molecular formula is C16H22N4O. The maximum absolute atomic E-state index is 5.90. The van der Waals surface area contributed by atoms with Crippen LogP contribution < -0.4 is 10.1 Å². The molecule has 1 aliphatic rings. The molecule has 2 aromatic rings. The Balaban J connectivity index is 1.69. The summed E-state index contributed by atoms with van der Waals surface area (Å²) in [5, 5.41) is 11.8. The highest BCUT2D eigenvalue weighted by Gasteiger charge is 2.16. The van der Waals surface area contributed by atoms with Gasteiger partial charge in [0.15, 0.2) is 5.82 Å². The van der Waals surface area contributed by atoms with E-state index in [0.29, 0.717) is 12.6 Å². The zero-order valence-corrected chi connectivity index (χ0v) is 12.7. The van der Waals surface area contributed by atoms with E-state index >= 15 is 0 Å². The van der Waals surface area contributed by atoms with Crippen molar-refractivity contribution in [3.63, 3.8) is 0 Å².